The lowest BCUT2D eigenvalue weighted by Gasteiger charge is -2.30. The van der Waals surface area contributed by atoms with Crippen molar-refractivity contribution in [2.75, 3.05) is 13.6 Å². The lowest BCUT2D eigenvalue weighted by molar-refractivity contribution is 0.0952. The van der Waals surface area contributed by atoms with Crippen LogP contribution >= 0.6 is 0 Å². The Morgan fingerprint density at radius 1 is 1.28 bits per heavy atom. The number of aryl methyl sites for hydroxylation is 2. The van der Waals surface area contributed by atoms with Gasteiger partial charge in [0, 0.05) is 31.6 Å². The molecule has 0 atom stereocenters. The van der Waals surface area contributed by atoms with Crippen LogP contribution in [0.5, 0.6) is 0 Å². The molecule has 8 nitrogen and oxygen atoms in total. The number of amides is 1. The number of hydrogen-bond donors (Lipinski definition) is 1. The highest BCUT2D eigenvalue weighted by atomic mass is 32.2. The molecule has 1 N–H and O–H groups in total. The Morgan fingerprint density at radius 3 is 2.72 bits per heavy atom. The fourth-order valence-electron chi connectivity index (χ4n) is 3.59. The molecule has 1 fully saturated rings. The maximum atomic E-state index is 13.0. The summed E-state index contributed by atoms with van der Waals surface area (Å²) in [6, 6.07) is 6.25. The number of carbonyl (C=O) groups excluding carboxylic acids is 1. The van der Waals surface area contributed by atoms with Gasteiger partial charge >= 0.3 is 0 Å². The van der Waals surface area contributed by atoms with Gasteiger partial charge in [0.2, 0.25) is 15.9 Å². The van der Waals surface area contributed by atoms with Crippen molar-refractivity contribution < 1.29 is 17.7 Å². The molecule has 1 aliphatic carbocycles. The number of nitrogens with one attached hydrogen (secondary N) is 1. The molecule has 1 heterocycles. The van der Waals surface area contributed by atoms with Crippen LogP contribution in [0.1, 0.15) is 60.6 Å². The average molecular weight is 421 g/mol. The summed E-state index contributed by atoms with van der Waals surface area (Å²) in [4.78, 5) is 16.7. The predicted octanol–water partition coefficient (Wildman–Crippen LogP) is 2.69. The number of carbonyl (C=O) groups is 1. The maximum absolute atomic E-state index is 13.0. The van der Waals surface area contributed by atoms with Crippen LogP contribution in [0, 0.1) is 6.92 Å². The van der Waals surface area contributed by atoms with Gasteiger partial charge in [-0.15, -0.1) is 0 Å². The topological polar surface area (TPSA) is 105 Å². The molecular formula is C20H28N4O4S. The first-order valence-corrected chi connectivity index (χ1v) is 11.5. The van der Waals surface area contributed by atoms with Gasteiger partial charge in [-0.3, -0.25) is 4.79 Å². The lowest BCUT2D eigenvalue weighted by atomic mass is 9.96. The summed E-state index contributed by atoms with van der Waals surface area (Å²) in [6.07, 6.45) is 6.25. The van der Waals surface area contributed by atoms with E-state index in [1.165, 1.54) is 10.4 Å². The van der Waals surface area contributed by atoms with E-state index in [-0.39, 0.29) is 16.8 Å². The highest BCUT2D eigenvalue weighted by Gasteiger charge is 2.29. The van der Waals surface area contributed by atoms with Crippen LogP contribution in [0.3, 0.4) is 0 Å². The zero-order valence-corrected chi connectivity index (χ0v) is 17.7. The van der Waals surface area contributed by atoms with E-state index in [1.807, 2.05) is 0 Å². The predicted molar refractivity (Wildman–Crippen MR) is 108 cm³/mol. The minimum absolute atomic E-state index is 0.0274. The smallest absolute Gasteiger partial charge is 0.251 e. The molecule has 0 spiro atoms. The summed E-state index contributed by atoms with van der Waals surface area (Å²) >= 11 is 0. The van der Waals surface area contributed by atoms with Crippen LogP contribution in [0.25, 0.3) is 0 Å². The van der Waals surface area contributed by atoms with E-state index < -0.39 is 10.0 Å². The summed E-state index contributed by atoms with van der Waals surface area (Å²) in [5, 5.41) is 6.53. The molecule has 0 bridgehead atoms. The number of sulfonamides is 1. The van der Waals surface area contributed by atoms with Crippen molar-refractivity contribution in [1.29, 1.82) is 0 Å². The molecular weight excluding hydrogens is 392 g/mol. The summed E-state index contributed by atoms with van der Waals surface area (Å²) in [5.41, 5.74) is 0.330. The highest BCUT2D eigenvalue weighted by Crippen LogP contribution is 2.26. The molecule has 0 unspecified atom stereocenters. The monoisotopic (exact) mass is 420 g/mol. The van der Waals surface area contributed by atoms with Gasteiger partial charge in [-0.1, -0.05) is 30.5 Å². The third-order valence-electron chi connectivity index (χ3n) is 5.28. The Bertz CT molecular complexity index is 935. The Hall–Kier alpha value is -2.26. The molecule has 1 aromatic carbocycles. The van der Waals surface area contributed by atoms with Gasteiger partial charge < -0.3 is 9.84 Å². The first-order chi connectivity index (χ1) is 13.9. The SMILES string of the molecule is Cc1noc(CCCNC(=O)c2cccc(S(=O)(=O)N(C)C3CCCCC3)c2)n1. The molecule has 1 saturated carbocycles. The van der Waals surface area contributed by atoms with Crippen molar-refractivity contribution in [1.82, 2.24) is 19.8 Å². The molecule has 1 aromatic heterocycles. The zero-order valence-electron chi connectivity index (χ0n) is 16.9. The Labute approximate surface area is 171 Å². The van der Waals surface area contributed by atoms with Crippen LogP contribution in [-0.2, 0) is 16.4 Å². The average Bonchev–Trinajstić information content (AvgIpc) is 3.16. The van der Waals surface area contributed by atoms with Crippen LogP contribution in [0.4, 0.5) is 0 Å². The second kappa shape index (κ2) is 9.49. The van der Waals surface area contributed by atoms with Crippen molar-refractivity contribution in [3.63, 3.8) is 0 Å². The van der Waals surface area contributed by atoms with E-state index in [4.69, 9.17) is 4.52 Å². The minimum atomic E-state index is -3.63. The zero-order chi connectivity index (χ0) is 20.9. The minimum Gasteiger partial charge on any atom is -0.352 e. The molecule has 2 aromatic rings. The van der Waals surface area contributed by atoms with Gasteiger partial charge in [0.05, 0.1) is 4.90 Å². The standard InChI is InChI=1S/C20H28N4O4S/c1-15-22-19(28-23-15)12-7-13-21-20(25)16-8-6-11-18(14-16)29(26,27)24(2)17-9-4-3-5-10-17/h6,8,11,14,17H,3-5,7,9-10,12-13H2,1-2H3,(H,21,25). The molecule has 9 heteroatoms. The second-order valence-corrected chi connectivity index (χ2v) is 9.43. The third kappa shape index (κ3) is 5.42. The first-order valence-electron chi connectivity index (χ1n) is 10.0. The van der Waals surface area contributed by atoms with Gasteiger partial charge in [0.15, 0.2) is 5.82 Å². The number of hydrogen-bond acceptors (Lipinski definition) is 6. The van der Waals surface area contributed by atoms with E-state index in [0.29, 0.717) is 36.7 Å². The number of nitrogens with zero attached hydrogens (tertiary/aromatic N) is 3. The van der Waals surface area contributed by atoms with Gasteiger partial charge in [-0.05, 0) is 44.4 Å². The molecule has 0 radical (unpaired) electrons. The Kier molecular flexibility index (Phi) is 7.02. The maximum Gasteiger partial charge on any atom is 0.251 e. The highest BCUT2D eigenvalue weighted by molar-refractivity contribution is 7.89. The third-order valence-corrected chi connectivity index (χ3v) is 7.19. The Morgan fingerprint density at radius 2 is 2.03 bits per heavy atom. The van der Waals surface area contributed by atoms with Gasteiger partial charge in [0.1, 0.15) is 0 Å². The van der Waals surface area contributed by atoms with Crippen molar-refractivity contribution >= 4 is 15.9 Å². The van der Waals surface area contributed by atoms with Crippen LogP contribution in [0.15, 0.2) is 33.7 Å². The first kappa shape index (κ1) is 21.4. The van der Waals surface area contributed by atoms with Crippen molar-refractivity contribution in [3.8, 4) is 0 Å². The summed E-state index contributed by atoms with van der Waals surface area (Å²) in [7, 11) is -1.99. The summed E-state index contributed by atoms with van der Waals surface area (Å²) < 4.78 is 32.5. The number of rotatable bonds is 8. The van der Waals surface area contributed by atoms with Crippen molar-refractivity contribution in [2.45, 2.75) is 62.8 Å². The normalized spacial score (nSPS) is 15.6. The quantitative estimate of drug-likeness (QED) is 0.658. The Balaban J connectivity index is 1.59. The van der Waals surface area contributed by atoms with Crippen molar-refractivity contribution in [3.05, 3.63) is 41.5 Å². The fourth-order valence-corrected chi connectivity index (χ4v) is 5.05. The second-order valence-electron chi connectivity index (χ2n) is 7.44. The van der Waals surface area contributed by atoms with Gasteiger partial charge in [-0.2, -0.15) is 9.29 Å². The molecule has 3 rings (SSSR count). The summed E-state index contributed by atoms with van der Waals surface area (Å²) in [5.74, 6) is 0.819. The molecule has 1 amide bonds. The molecule has 0 aliphatic heterocycles. The fraction of sp³-hybridized carbons (Fsp3) is 0.550. The van der Waals surface area contributed by atoms with E-state index in [2.05, 4.69) is 15.5 Å². The van der Waals surface area contributed by atoms with Crippen LogP contribution in [-0.4, -0.2) is 48.4 Å². The van der Waals surface area contributed by atoms with E-state index in [1.54, 1.807) is 32.2 Å². The lowest BCUT2D eigenvalue weighted by Crippen LogP contribution is -2.38. The van der Waals surface area contributed by atoms with E-state index >= 15 is 0 Å². The number of benzene rings is 1. The molecule has 0 saturated heterocycles. The van der Waals surface area contributed by atoms with Crippen LogP contribution < -0.4 is 5.32 Å². The molecule has 1 aliphatic rings. The number of aromatic nitrogens is 2. The van der Waals surface area contributed by atoms with E-state index in [9.17, 15) is 13.2 Å². The van der Waals surface area contributed by atoms with Gasteiger partial charge in [0.25, 0.3) is 5.91 Å². The summed E-state index contributed by atoms with van der Waals surface area (Å²) in [6.45, 7) is 2.18. The van der Waals surface area contributed by atoms with Gasteiger partial charge in [-0.25, -0.2) is 8.42 Å². The largest absolute Gasteiger partial charge is 0.352 e. The van der Waals surface area contributed by atoms with Crippen molar-refractivity contribution in [2.24, 2.45) is 0 Å². The molecule has 29 heavy (non-hydrogen) atoms. The van der Waals surface area contributed by atoms with E-state index in [0.717, 1.165) is 32.1 Å². The molecule has 158 valence electrons. The van der Waals surface area contributed by atoms with Crippen LogP contribution in [0.2, 0.25) is 0 Å².